The van der Waals surface area contributed by atoms with Crippen LogP contribution in [-0.4, -0.2) is 55.1 Å². The Morgan fingerprint density at radius 3 is 2.43 bits per heavy atom. The lowest BCUT2D eigenvalue weighted by Gasteiger charge is -2.20. The van der Waals surface area contributed by atoms with Crippen molar-refractivity contribution in [3.8, 4) is 0 Å². The van der Waals surface area contributed by atoms with Gasteiger partial charge < -0.3 is 14.7 Å². The van der Waals surface area contributed by atoms with Gasteiger partial charge in [0.15, 0.2) is 0 Å². The first-order chi connectivity index (χ1) is 6.61. The highest BCUT2D eigenvalue weighted by molar-refractivity contribution is 5.96. The first kappa shape index (κ1) is 13.1. The van der Waals surface area contributed by atoms with E-state index < -0.39 is 0 Å². The predicted molar refractivity (Wildman–Crippen MR) is 50.8 cm³/mol. The Morgan fingerprint density at radius 1 is 1.36 bits per heavy atom. The van der Waals surface area contributed by atoms with E-state index in [1.807, 2.05) is 0 Å². The molecule has 0 aliphatic heterocycles. The fourth-order valence-corrected chi connectivity index (χ4v) is 1.01. The van der Waals surface area contributed by atoms with Gasteiger partial charge in [-0.1, -0.05) is 0 Å². The molecular formula is C9H17NO4. The van der Waals surface area contributed by atoms with Gasteiger partial charge in [-0.15, -0.1) is 0 Å². The van der Waals surface area contributed by atoms with Gasteiger partial charge in [0, 0.05) is 20.2 Å². The highest BCUT2D eigenvalue weighted by Crippen LogP contribution is 1.95. The first-order valence-electron chi connectivity index (χ1n) is 4.48. The van der Waals surface area contributed by atoms with Crippen LogP contribution in [0.1, 0.15) is 13.3 Å². The highest BCUT2D eigenvalue weighted by Gasteiger charge is 2.13. The fraction of sp³-hybridized carbons (Fsp3) is 0.778. The van der Waals surface area contributed by atoms with E-state index in [0.717, 1.165) is 0 Å². The maximum Gasteiger partial charge on any atom is 0.230 e. The number of hydrogen-bond acceptors (Lipinski definition) is 4. The van der Waals surface area contributed by atoms with Crippen molar-refractivity contribution in [3.63, 3.8) is 0 Å². The zero-order valence-electron chi connectivity index (χ0n) is 8.65. The van der Waals surface area contributed by atoms with E-state index in [1.165, 1.54) is 18.9 Å². The van der Waals surface area contributed by atoms with E-state index in [9.17, 15) is 9.59 Å². The molecule has 0 heterocycles. The topological polar surface area (TPSA) is 66.8 Å². The maximum atomic E-state index is 11.4. The Morgan fingerprint density at radius 2 is 2.00 bits per heavy atom. The number of rotatable bonds is 7. The first-order valence-corrected chi connectivity index (χ1v) is 4.48. The Balaban J connectivity index is 4.03. The van der Waals surface area contributed by atoms with Crippen molar-refractivity contribution in [1.82, 2.24) is 4.90 Å². The average molecular weight is 203 g/mol. The maximum absolute atomic E-state index is 11.4. The third-order valence-electron chi connectivity index (χ3n) is 1.69. The zero-order chi connectivity index (χ0) is 11.0. The van der Waals surface area contributed by atoms with E-state index in [2.05, 4.69) is 0 Å². The number of ether oxygens (including phenoxy) is 1. The number of aliphatic hydroxyl groups excluding tert-OH is 1. The summed E-state index contributed by atoms with van der Waals surface area (Å²) in [4.78, 5) is 23.5. The third-order valence-corrected chi connectivity index (χ3v) is 1.69. The molecule has 1 amide bonds. The minimum atomic E-state index is -0.261. The van der Waals surface area contributed by atoms with E-state index in [-0.39, 0.29) is 31.3 Å². The monoisotopic (exact) mass is 203 g/mol. The predicted octanol–water partition coefficient (Wildman–Crippen LogP) is -0.567. The minimum Gasteiger partial charge on any atom is -0.395 e. The molecule has 0 fully saturated rings. The summed E-state index contributed by atoms with van der Waals surface area (Å²) in [6, 6.07) is 0. The van der Waals surface area contributed by atoms with Gasteiger partial charge in [-0.2, -0.15) is 0 Å². The van der Waals surface area contributed by atoms with Gasteiger partial charge in [0.2, 0.25) is 5.91 Å². The van der Waals surface area contributed by atoms with Crippen molar-refractivity contribution < 1.29 is 19.4 Å². The van der Waals surface area contributed by atoms with Crippen molar-refractivity contribution in [2.45, 2.75) is 13.3 Å². The lowest BCUT2D eigenvalue weighted by atomic mass is 10.3. The number of ketones is 1. The van der Waals surface area contributed by atoms with Crippen LogP contribution in [0.5, 0.6) is 0 Å². The van der Waals surface area contributed by atoms with Gasteiger partial charge in [-0.25, -0.2) is 0 Å². The van der Waals surface area contributed by atoms with Crippen LogP contribution in [0.2, 0.25) is 0 Å². The standard InChI is InChI=1S/C9H17NO4/c1-8(12)7-9(13)10(3-5-11)4-6-14-2/h11H,3-7H2,1-2H3. The number of carbonyl (C=O) groups excluding carboxylic acids is 2. The van der Waals surface area contributed by atoms with Gasteiger partial charge in [0.05, 0.1) is 19.6 Å². The Hall–Kier alpha value is -0.940. The number of Topliss-reactive ketones (excluding diaryl/α,β-unsaturated/α-hetero) is 1. The van der Waals surface area contributed by atoms with Crippen LogP contribution in [0.4, 0.5) is 0 Å². The Labute approximate surface area is 83.6 Å². The van der Waals surface area contributed by atoms with Crippen molar-refractivity contribution in [3.05, 3.63) is 0 Å². The number of nitrogens with zero attached hydrogens (tertiary/aromatic N) is 1. The molecule has 0 aliphatic rings. The van der Waals surface area contributed by atoms with Crippen molar-refractivity contribution in [2.24, 2.45) is 0 Å². The van der Waals surface area contributed by atoms with Gasteiger partial charge in [0.25, 0.3) is 0 Å². The van der Waals surface area contributed by atoms with Crippen LogP contribution in [0.15, 0.2) is 0 Å². The van der Waals surface area contributed by atoms with Crippen LogP contribution in [0, 0.1) is 0 Å². The molecule has 0 bridgehead atoms. The summed E-state index contributed by atoms with van der Waals surface area (Å²) < 4.78 is 4.81. The second kappa shape index (κ2) is 7.46. The van der Waals surface area contributed by atoms with Crippen LogP contribution in [0.25, 0.3) is 0 Å². The molecule has 0 radical (unpaired) electrons. The quantitative estimate of drug-likeness (QED) is 0.563. The van der Waals surface area contributed by atoms with Crippen molar-refractivity contribution in [2.75, 3.05) is 33.4 Å². The van der Waals surface area contributed by atoms with Crippen LogP contribution in [-0.2, 0) is 14.3 Å². The molecule has 0 aromatic heterocycles. The molecule has 0 saturated heterocycles. The molecule has 0 aromatic rings. The second-order valence-electron chi connectivity index (χ2n) is 2.98. The number of aliphatic hydroxyl groups is 1. The molecule has 0 aromatic carbocycles. The second-order valence-corrected chi connectivity index (χ2v) is 2.98. The molecule has 5 nitrogen and oxygen atoms in total. The summed E-state index contributed by atoms with van der Waals surface area (Å²) in [7, 11) is 1.53. The van der Waals surface area contributed by atoms with Crippen LogP contribution < -0.4 is 0 Å². The lowest BCUT2D eigenvalue weighted by molar-refractivity contribution is -0.135. The largest absolute Gasteiger partial charge is 0.395 e. The molecular weight excluding hydrogens is 186 g/mol. The van der Waals surface area contributed by atoms with E-state index in [1.54, 1.807) is 0 Å². The SMILES string of the molecule is COCCN(CCO)C(=O)CC(C)=O. The summed E-state index contributed by atoms with van der Waals surface area (Å²) in [6.07, 6.45) is -0.107. The highest BCUT2D eigenvalue weighted by atomic mass is 16.5. The van der Waals surface area contributed by atoms with Crippen LogP contribution >= 0.6 is 0 Å². The molecule has 1 N–H and O–H groups in total. The molecule has 0 aliphatic carbocycles. The van der Waals surface area contributed by atoms with Crippen LogP contribution in [0.3, 0.4) is 0 Å². The van der Waals surface area contributed by atoms with Gasteiger partial charge in [-0.05, 0) is 6.92 Å². The smallest absolute Gasteiger partial charge is 0.230 e. The zero-order valence-corrected chi connectivity index (χ0v) is 8.65. The summed E-state index contributed by atoms with van der Waals surface area (Å²) in [6.45, 7) is 2.32. The van der Waals surface area contributed by atoms with Gasteiger partial charge in [0.1, 0.15) is 5.78 Å². The number of hydrogen-bond donors (Lipinski definition) is 1. The van der Waals surface area contributed by atoms with Crippen molar-refractivity contribution >= 4 is 11.7 Å². The third kappa shape index (κ3) is 5.66. The van der Waals surface area contributed by atoms with E-state index in [4.69, 9.17) is 9.84 Å². The Kier molecular flexibility index (Phi) is 6.96. The summed E-state index contributed by atoms with van der Waals surface area (Å²) in [5, 5.41) is 8.70. The normalized spacial score (nSPS) is 9.93. The number of carbonyl (C=O) groups is 2. The minimum absolute atomic E-state index is 0.104. The average Bonchev–Trinajstić information content (AvgIpc) is 2.10. The van der Waals surface area contributed by atoms with Gasteiger partial charge in [-0.3, -0.25) is 9.59 Å². The molecule has 82 valence electrons. The summed E-state index contributed by atoms with van der Waals surface area (Å²) in [5.74, 6) is -0.432. The molecule has 14 heavy (non-hydrogen) atoms. The summed E-state index contributed by atoms with van der Waals surface area (Å²) >= 11 is 0. The lowest BCUT2D eigenvalue weighted by Crippen LogP contribution is -2.36. The fourth-order valence-electron chi connectivity index (χ4n) is 1.01. The van der Waals surface area contributed by atoms with E-state index >= 15 is 0 Å². The number of methoxy groups -OCH3 is 1. The molecule has 0 saturated carbocycles. The number of amides is 1. The molecule has 0 unspecified atom stereocenters. The molecule has 0 spiro atoms. The van der Waals surface area contributed by atoms with Gasteiger partial charge >= 0.3 is 0 Å². The summed E-state index contributed by atoms with van der Waals surface area (Å²) in [5.41, 5.74) is 0. The molecule has 0 rings (SSSR count). The van der Waals surface area contributed by atoms with E-state index in [0.29, 0.717) is 13.2 Å². The molecule has 5 heteroatoms. The molecule has 0 atom stereocenters. The van der Waals surface area contributed by atoms with Crippen molar-refractivity contribution in [1.29, 1.82) is 0 Å². The Bertz CT molecular complexity index is 193.